The summed E-state index contributed by atoms with van der Waals surface area (Å²) in [6.45, 7) is 9.60. The first-order valence-electron chi connectivity index (χ1n) is 12.1. The molecule has 2 aromatic carbocycles. The van der Waals surface area contributed by atoms with Gasteiger partial charge in [-0.15, -0.1) is 0 Å². The third kappa shape index (κ3) is 4.78. The minimum atomic E-state index is -1.27. The monoisotopic (exact) mass is 496 g/mol. The lowest BCUT2D eigenvalue weighted by Crippen LogP contribution is -2.49. The Bertz CT molecular complexity index is 1040. The normalized spacial score (nSPS) is 24.4. The number of carbonyl (C=O) groups is 2. The Morgan fingerprint density at radius 2 is 0.917 bits per heavy atom. The number of esters is 2. The number of fused-ring (bicyclic) bond motifs is 6. The van der Waals surface area contributed by atoms with Crippen molar-refractivity contribution < 1.29 is 38.0 Å². The van der Waals surface area contributed by atoms with E-state index in [0.29, 0.717) is 37.6 Å². The van der Waals surface area contributed by atoms with E-state index in [1.807, 2.05) is 52.0 Å². The number of rotatable bonds is 0. The Kier molecular flexibility index (Phi) is 6.19. The minimum Gasteiger partial charge on any atom is -0.456 e. The first-order chi connectivity index (χ1) is 17.0. The summed E-state index contributed by atoms with van der Waals surface area (Å²) >= 11 is 0. The Morgan fingerprint density at radius 3 is 1.28 bits per heavy atom. The molecule has 36 heavy (non-hydrogen) atoms. The zero-order valence-corrected chi connectivity index (χ0v) is 21.1. The maximum Gasteiger partial charge on any atom is 0.338 e. The van der Waals surface area contributed by atoms with Gasteiger partial charge in [-0.05, 0) is 18.2 Å². The van der Waals surface area contributed by atoms with Gasteiger partial charge in [-0.2, -0.15) is 0 Å². The summed E-state index contributed by atoms with van der Waals surface area (Å²) in [5.41, 5.74) is 1.48. The van der Waals surface area contributed by atoms with Crippen LogP contribution in [0.1, 0.15) is 59.5 Å². The number of hydrogen-bond donors (Lipinski definition) is 0. The third-order valence-electron chi connectivity index (χ3n) is 6.67. The van der Waals surface area contributed by atoms with Crippen molar-refractivity contribution in [3.63, 3.8) is 0 Å². The predicted molar refractivity (Wildman–Crippen MR) is 128 cm³/mol. The van der Waals surface area contributed by atoms with Crippen molar-refractivity contribution in [3.8, 4) is 0 Å². The summed E-state index contributed by atoms with van der Waals surface area (Å²) in [5, 5.41) is 0. The lowest BCUT2D eigenvalue weighted by atomic mass is 9.92. The molecule has 0 N–H and O–H groups in total. The summed E-state index contributed by atoms with van der Waals surface area (Å²) in [4.78, 5) is 25.8. The Hall–Kier alpha value is -2.78. The summed E-state index contributed by atoms with van der Waals surface area (Å²) in [6.07, 6.45) is 0. The van der Waals surface area contributed by atoms with Crippen LogP contribution in [0.2, 0.25) is 0 Å². The zero-order chi connectivity index (χ0) is 25.6. The first kappa shape index (κ1) is 24.9. The molecule has 192 valence electrons. The smallest absolute Gasteiger partial charge is 0.338 e. The summed E-state index contributed by atoms with van der Waals surface area (Å²) in [5.74, 6) is -3.72. The van der Waals surface area contributed by atoms with Crippen LogP contribution in [-0.4, -0.2) is 51.6 Å². The third-order valence-corrected chi connectivity index (χ3v) is 6.67. The highest BCUT2D eigenvalue weighted by Gasteiger charge is 2.46. The standard InChI is InChI=1S/C28H32O8/c1-25(2)13-33-27(34-14-25)17-31-23(29)19-6-5-7-20(12-19)24(30)32-18-28(22-10-8-21(27)9-11-22)35-15-26(3,4)16-36-28/h5-12H,13-18H2,1-4H3. The highest BCUT2D eigenvalue weighted by atomic mass is 16.7. The van der Waals surface area contributed by atoms with Gasteiger partial charge in [-0.25, -0.2) is 9.59 Å². The zero-order valence-electron chi connectivity index (χ0n) is 21.1. The van der Waals surface area contributed by atoms with Gasteiger partial charge in [-0.3, -0.25) is 0 Å². The van der Waals surface area contributed by atoms with Crippen molar-refractivity contribution in [2.75, 3.05) is 39.6 Å². The fourth-order valence-electron chi connectivity index (χ4n) is 4.32. The lowest BCUT2D eigenvalue weighted by molar-refractivity contribution is -0.321. The van der Waals surface area contributed by atoms with Crippen molar-refractivity contribution in [1.82, 2.24) is 0 Å². The van der Waals surface area contributed by atoms with E-state index < -0.39 is 23.5 Å². The van der Waals surface area contributed by atoms with E-state index in [-0.39, 0.29) is 35.2 Å². The second kappa shape index (κ2) is 8.95. The van der Waals surface area contributed by atoms with Crippen molar-refractivity contribution in [3.05, 3.63) is 70.8 Å². The molecular weight excluding hydrogens is 464 g/mol. The fraction of sp³-hybridized carbons (Fsp3) is 0.500. The maximum atomic E-state index is 12.9. The number of carbonyl (C=O) groups excluding carboxylic acids is 2. The number of ether oxygens (including phenoxy) is 6. The van der Waals surface area contributed by atoms with Crippen LogP contribution in [-0.2, 0) is 40.0 Å². The molecule has 8 nitrogen and oxygen atoms in total. The molecular formula is C28H32O8. The van der Waals surface area contributed by atoms with Crippen LogP contribution in [0.15, 0.2) is 48.5 Å². The maximum absolute atomic E-state index is 12.9. The van der Waals surface area contributed by atoms with Crippen LogP contribution in [0.4, 0.5) is 0 Å². The van der Waals surface area contributed by atoms with E-state index in [1.54, 1.807) is 18.2 Å². The summed E-state index contributed by atoms with van der Waals surface area (Å²) in [7, 11) is 0. The van der Waals surface area contributed by atoms with Crippen LogP contribution < -0.4 is 0 Å². The quantitative estimate of drug-likeness (QED) is 0.502. The van der Waals surface area contributed by atoms with Gasteiger partial charge in [0, 0.05) is 22.0 Å². The van der Waals surface area contributed by atoms with Gasteiger partial charge in [0.2, 0.25) is 11.6 Å². The van der Waals surface area contributed by atoms with Gasteiger partial charge in [0.15, 0.2) is 13.2 Å². The average molecular weight is 497 g/mol. The van der Waals surface area contributed by atoms with Crippen LogP contribution in [0.5, 0.6) is 0 Å². The highest BCUT2D eigenvalue weighted by molar-refractivity contribution is 5.95. The number of hydrogen-bond acceptors (Lipinski definition) is 8. The minimum absolute atomic E-state index is 0.151. The van der Waals surface area contributed by atoms with Crippen LogP contribution >= 0.6 is 0 Å². The molecule has 6 rings (SSSR count). The van der Waals surface area contributed by atoms with Gasteiger partial charge in [0.25, 0.3) is 0 Å². The van der Waals surface area contributed by atoms with Crippen molar-refractivity contribution in [1.29, 1.82) is 0 Å². The van der Waals surface area contributed by atoms with Crippen molar-refractivity contribution in [2.45, 2.75) is 39.3 Å². The molecule has 0 aliphatic carbocycles. The van der Waals surface area contributed by atoms with Crippen molar-refractivity contribution >= 4 is 11.9 Å². The average Bonchev–Trinajstić information content (AvgIpc) is 2.88. The van der Waals surface area contributed by atoms with E-state index in [0.717, 1.165) is 0 Å². The molecule has 0 atom stereocenters. The van der Waals surface area contributed by atoms with Crippen LogP contribution in [0, 0.1) is 10.8 Å². The molecule has 0 saturated carbocycles. The van der Waals surface area contributed by atoms with Crippen LogP contribution in [0.3, 0.4) is 0 Å². The Labute approximate surface area is 210 Å². The molecule has 2 fully saturated rings. The molecule has 4 aliphatic rings. The van der Waals surface area contributed by atoms with Crippen LogP contribution in [0.25, 0.3) is 0 Å². The molecule has 0 unspecified atom stereocenters. The van der Waals surface area contributed by atoms with Gasteiger partial charge in [-0.1, -0.05) is 58.0 Å². The summed E-state index contributed by atoms with van der Waals surface area (Å²) < 4.78 is 36.2. The molecule has 4 aliphatic heterocycles. The molecule has 2 saturated heterocycles. The van der Waals surface area contributed by atoms with Gasteiger partial charge >= 0.3 is 11.9 Å². The Morgan fingerprint density at radius 1 is 0.556 bits per heavy atom. The Balaban J connectivity index is 1.56. The second-order valence-electron chi connectivity index (χ2n) is 11.3. The van der Waals surface area contributed by atoms with E-state index in [1.165, 1.54) is 6.07 Å². The number of benzene rings is 2. The molecule has 0 aromatic heterocycles. The van der Waals surface area contributed by atoms with Crippen molar-refractivity contribution in [2.24, 2.45) is 10.8 Å². The van der Waals surface area contributed by atoms with Gasteiger partial charge < -0.3 is 28.4 Å². The molecule has 0 amide bonds. The van der Waals surface area contributed by atoms with E-state index in [9.17, 15) is 9.59 Å². The SMILES string of the molecule is CC1(C)COC2(COC(=O)c3cccc(c3)C(=O)OCC3(OCC(C)(C)CO3)c3ccc2cc3)OC1. The largest absolute Gasteiger partial charge is 0.456 e. The topological polar surface area (TPSA) is 89.5 Å². The van der Waals surface area contributed by atoms with E-state index >= 15 is 0 Å². The molecule has 0 radical (unpaired) electrons. The van der Waals surface area contributed by atoms with Gasteiger partial charge in [0.1, 0.15) is 0 Å². The fourth-order valence-corrected chi connectivity index (χ4v) is 4.32. The van der Waals surface area contributed by atoms with Gasteiger partial charge in [0.05, 0.1) is 37.6 Å². The molecule has 8 heteroatoms. The highest BCUT2D eigenvalue weighted by Crippen LogP contribution is 2.40. The summed E-state index contributed by atoms with van der Waals surface area (Å²) in [6, 6.07) is 13.6. The lowest BCUT2D eigenvalue weighted by Gasteiger charge is -2.44. The van der Waals surface area contributed by atoms with E-state index in [4.69, 9.17) is 28.4 Å². The first-order valence-corrected chi connectivity index (χ1v) is 12.1. The molecule has 4 heterocycles. The molecule has 2 spiro atoms. The molecule has 2 aromatic rings. The second-order valence-corrected chi connectivity index (χ2v) is 11.3. The van der Waals surface area contributed by atoms with E-state index in [2.05, 4.69) is 0 Å². The molecule has 4 bridgehead atoms. The predicted octanol–water partition coefficient (Wildman–Crippen LogP) is 4.17.